The average molecular weight is 219 g/mol. The molecule has 0 radical (unpaired) electrons. The van der Waals surface area contributed by atoms with Gasteiger partial charge in [-0.15, -0.1) is 0 Å². The van der Waals surface area contributed by atoms with Crippen LogP contribution in [0.1, 0.15) is 19.3 Å². The van der Waals surface area contributed by atoms with Gasteiger partial charge in [0.05, 0.1) is 18.5 Å². The fourth-order valence-corrected chi connectivity index (χ4v) is 2.16. The summed E-state index contributed by atoms with van der Waals surface area (Å²) < 4.78 is 0. The molecule has 2 heterocycles. The van der Waals surface area contributed by atoms with E-state index in [1.807, 2.05) is 0 Å². The molecule has 2 aromatic heterocycles. The molecule has 16 heavy (non-hydrogen) atoms. The maximum absolute atomic E-state index is 9.74. The minimum atomic E-state index is -0.284. The van der Waals surface area contributed by atoms with Gasteiger partial charge < -0.3 is 15.4 Å². The number of nitrogens with one attached hydrogen (secondary N) is 2. The fraction of sp³-hybridized carbons (Fsp3) is 0.500. The van der Waals surface area contributed by atoms with Gasteiger partial charge in [0.15, 0.2) is 11.5 Å². The number of fused-ring (bicyclic) bond motifs is 1. The summed E-state index contributed by atoms with van der Waals surface area (Å²) in [6.45, 7) is 0. The van der Waals surface area contributed by atoms with Crippen LogP contribution in [0.2, 0.25) is 0 Å². The highest BCUT2D eigenvalue weighted by Gasteiger charge is 2.25. The first-order chi connectivity index (χ1) is 7.84. The van der Waals surface area contributed by atoms with Crippen molar-refractivity contribution >= 4 is 17.0 Å². The minimum Gasteiger partial charge on any atom is -0.391 e. The quantitative estimate of drug-likeness (QED) is 0.691. The Bertz CT molecular complexity index is 497. The Morgan fingerprint density at radius 1 is 1.31 bits per heavy atom. The van der Waals surface area contributed by atoms with E-state index in [9.17, 15) is 5.11 Å². The minimum absolute atomic E-state index is 0.0846. The highest BCUT2D eigenvalue weighted by molar-refractivity contribution is 5.82. The predicted molar refractivity (Wildman–Crippen MR) is 59.0 cm³/mol. The van der Waals surface area contributed by atoms with E-state index in [0.29, 0.717) is 11.5 Å². The summed E-state index contributed by atoms with van der Waals surface area (Å²) in [4.78, 5) is 15.3. The molecule has 2 aromatic rings. The van der Waals surface area contributed by atoms with Gasteiger partial charge in [-0.25, -0.2) is 15.0 Å². The topological polar surface area (TPSA) is 86.7 Å². The summed E-state index contributed by atoms with van der Waals surface area (Å²) >= 11 is 0. The second-order valence-corrected chi connectivity index (χ2v) is 4.07. The molecule has 2 unspecified atom stereocenters. The zero-order chi connectivity index (χ0) is 11.0. The van der Waals surface area contributed by atoms with E-state index in [4.69, 9.17) is 0 Å². The Morgan fingerprint density at radius 2 is 2.25 bits per heavy atom. The SMILES string of the molecule is OC1CCCC1Nc1ncnc2nc[nH]c12. The van der Waals surface area contributed by atoms with Gasteiger partial charge >= 0.3 is 0 Å². The molecule has 1 aliphatic rings. The summed E-state index contributed by atoms with van der Waals surface area (Å²) in [5, 5.41) is 13.0. The normalized spacial score (nSPS) is 25.1. The second kappa shape index (κ2) is 3.71. The average Bonchev–Trinajstić information content (AvgIpc) is 2.89. The first-order valence-electron chi connectivity index (χ1n) is 5.43. The van der Waals surface area contributed by atoms with Gasteiger partial charge in [-0.2, -0.15) is 0 Å². The maximum Gasteiger partial charge on any atom is 0.182 e. The van der Waals surface area contributed by atoms with Crippen LogP contribution < -0.4 is 5.32 Å². The van der Waals surface area contributed by atoms with Crippen LogP contribution in [0.3, 0.4) is 0 Å². The third-order valence-electron chi connectivity index (χ3n) is 3.02. The first-order valence-corrected chi connectivity index (χ1v) is 5.43. The largest absolute Gasteiger partial charge is 0.391 e. The van der Waals surface area contributed by atoms with Crippen molar-refractivity contribution < 1.29 is 5.11 Å². The highest BCUT2D eigenvalue weighted by Crippen LogP contribution is 2.24. The van der Waals surface area contributed by atoms with Crippen molar-refractivity contribution in [3.63, 3.8) is 0 Å². The molecule has 2 atom stereocenters. The summed E-state index contributed by atoms with van der Waals surface area (Å²) in [6.07, 6.45) is 5.67. The number of nitrogens with zero attached hydrogens (tertiary/aromatic N) is 3. The van der Waals surface area contributed by atoms with Crippen LogP contribution in [0.5, 0.6) is 0 Å². The Labute approximate surface area is 92.1 Å². The summed E-state index contributed by atoms with van der Waals surface area (Å²) in [5.74, 6) is 0.716. The number of aliphatic hydroxyl groups excluding tert-OH is 1. The van der Waals surface area contributed by atoms with Crippen molar-refractivity contribution in [2.24, 2.45) is 0 Å². The van der Waals surface area contributed by atoms with Crippen molar-refractivity contribution in [2.45, 2.75) is 31.4 Å². The lowest BCUT2D eigenvalue weighted by molar-refractivity contribution is 0.171. The van der Waals surface area contributed by atoms with Crippen LogP contribution in [-0.4, -0.2) is 37.2 Å². The molecule has 1 fully saturated rings. The standard InChI is InChI=1S/C10H13N5O/c16-7-3-1-2-6(7)15-10-8-9(12-4-11-8)13-5-14-10/h4-7,16H,1-3H2,(H2,11,12,13,14,15). The number of H-pyrrole nitrogens is 1. The van der Waals surface area contributed by atoms with Crippen LogP contribution in [-0.2, 0) is 0 Å². The van der Waals surface area contributed by atoms with Gasteiger partial charge in [0.2, 0.25) is 0 Å². The number of aliphatic hydroxyl groups is 1. The zero-order valence-corrected chi connectivity index (χ0v) is 8.72. The number of anilines is 1. The lowest BCUT2D eigenvalue weighted by Gasteiger charge is -2.16. The molecule has 3 rings (SSSR count). The molecule has 0 bridgehead atoms. The first kappa shape index (κ1) is 9.53. The third-order valence-corrected chi connectivity index (χ3v) is 3.02. The smallest absolute Gasteiger partial charge is 0.182 e. The lowest BCUT2D eigenvalue weighted by atomic mass is 10.2. The van der Waals surface area contributed by atoms with Gasteiger partial charge in [0.25, 0.3) is 0 Å². The van der Waals surface area contributed by atoms with E-state index < -0.39 is 0 Å². The molecule has 0 amide bonds. The van der Waals surface area contributed by atoms with Crippen molar-refractivity contribution in [1.29, 1.82) is 0 Å². The van der Waals surface area contributed by atoms with E-state index in [0.717, 1.165) is 24.8 Å². The van der Waals surface area contributed by atoms with Crippen LogP contribution in [0.4, 0.5) is 5.82 Å². The Morgan fingerprint density at radius 3 is 3.06 bits per heavy atom. The van der Waals surface area contributed by atoms with Crippen LogP contribution in [0.25, 0.3) is 11.2 Å². The predicted octanol–water partition coefficient (Wildman–Crippen LogP) is 0.678. The molecule has 0 saturated heterocycles. The number of hydrogen-bond donors (Lipinski definition) is 3. The molecule has 1 aliphatic carbocycles. The van der Waals surface area contributed by atoms with Crippen molar-refractivity contribution in [2.75, 3.05) is 5.32 Å². The molecule has 0 aliphatic heterocycles. The van der Waals surface area contributed by atoms with Gasteiger partial charge in [-0.05, 0) is 19.3 Å². The molecule has 0 aromatic carbocycles. The molecule has 84 valence electrons. The highest BCUT2D eigenvalue weighted by atomic mass is 16.3. The van der Waals surface area contributed by atoms with Crippen LogP contribution >= 0.6 is 0 Å². The molecule has 1 saturated carbocycles. The van der Waals surface area contributed by atoms with Gasteiger partial charge in [0, 0.05) is 0 Å². The number of rotatable bonds is 2. The maximum atomic E-state index is 9.74. The van der Waals surface area contributed by atoms with Crippen LogP contribution in [0, 0.1) is 0 Å². The molecule has 0 spiro atoms. The Kier molecular flexibility index (Phi) is 2.21. The summed E-state index contributed by atoms with van der Waals surface area (Å²) in [7, 11) is 0. The molecular weight excluding hydrogens is 206 g/mol. The third kappa shape index (κ3) is 1.51. The van der Waals surface area contributed by atoms with Gasteiger partial charge in [0.1, 0.15) is 11.8 Å². The van der Waals surface area contributed by atoms with E-state index in [1.54, 1.807) is 6.33 Å². The van der Waals surface area contributed by atoms with E-state index in [2.05, 4.69) is 25.3 Å². The summed E-state index contributed by atoms with van der Waals surface area (Å²) in [5.41, 5.74) is 1.44. The van der Waals surface area contributed by atoms with Crippen LogP contribution in [0.15, 0.2) is 12.7 Å². The number of imidazole rings is 1. The zero-order valence-electron chi connectivity index (χ0n) is 8.72. The van der Waals surface area contributed by atoms with Crippen molar-refractivity contribution in [1.82, 2.24) is 19.9 Å². The monoisotopic (exact) mass is 219 g/mol. The number of hydrogen-bond acceptors (Lipinski definition) is 5. The number of aromatic nitrogens is 4. The van der Waals surface area contributed by atoms with Crippen molar-refractivity contribution in [3.8, 4) is 0 Å². The fourth-order valence-electron chi connectivity index (χ4n) is 2.16. The van der Waals surface area contributed by atoms with E-state index in [-0.39, 0.29) is 12.1 Å². The Hall–Kier alpha value is -1.69. The van der Waals surface area contributed by atoms with Gasteiger partial charge in [-0.3, -0.25) is 0 Å². The Balaban J connectivity index is 1.91. The number of aromatic amines is 1. The summed E-state index contributed by atoms with van der Waals surface area (Å²) in [6, 6.07) is 0.0846. The molecule has 6 nitrogen and oxygen atoms in total. The van der Waals surface area contributed by atoms with E-state index in [1.165, 1.54) is 6.33 Å². The molecule has 6 heteroatoms. The molecular formula is C10H13N5O. The second-order valence-electron chi connectivity index (χ2n) is 4.07. The van der Waals surface area contributed by atoms with E-state index >= 15 is 0 Å². The molecule has 3 N–H and O–H groups in total. The van der Waals surface area contributed by atoms with Crippen molar-refractivity contribution in [3.05, 3.63) is 12.7 Å². The van der Waals surface area contributed by atoms with Gasteiger partial charge in [-0.1, -0.05) is 0 Å². The lowest BCUT2D eigenvalue weighted by Crippen LogP contribution is -2.28.